The van der Waals surface area contributed by atoms with Crippen molar-refractivity contribution in [2.45, 2.75) is 46.0 Å². The monoisotopic (exact) mass is 331 g/mol. The highest BCUT2D eigenvalue weighted by Gasteiger charge is 2.18. The van der Waals surface area contributed by atoms with Crippen molar-refractivity contribution < 1.29 is 19.1 Å². The maximum Gasteiger partial charge on any atom is 0.338 e. The summed E-state index contributed by atoms with van der Waals surface area (Å²) in [4.78, 5) is 27.1. The van der Waals surface area contributed by atoms with Gasteiger partial charge in [0, 0.05) is 16.6 Å². The molecule has 0 aliphatic rings. The van der Waals surface area contributed by atoms with Gasteiger partial charge in [-0.3, -0.25) is 4.79 Å². The smallest absolute Gasteiger partial charge is 0.338 e. The highest BCUT2D eigenvalue weighted by Crippen LogP contribution is 2.28. The molecule has 2 rings (SSSR count). The minimum absolute atomic E-state index is 0.231. The van der Waals surface area contributed by atoms with Gasteiger partial charge in [0.25, 0.3) is 0 Å². The SMILES string of the molecule is CCCCCc1[nH]c2cc(C(=O)OC)c(C)cc2c1CC(=O)OC. The van der Waals surface area contributed by atoms with Crippen LogP contribution in [0.1, 0.15) is 53.4 Å². The van der Waals surface area contributed by atoms with Crippen molar-refractivity contribution in [3.8, 4) is 0 Å². The summed E-state index contributed by atoms with van der Waals surface area (Å²) in [6.07, 6.45) is 4.44. The molecular formula is C19H25NO4. The summed E-state index contributed by atoms with van der Waals surface area (Å²) in [5.41, 5.74) is 4.24. The van der Waals surface area contributed by atoms with E-state index in [0.717, 1.165) is 53.4 Å². The van der Waals surface area contributed by atoms with Crippen LogP contribution in [0.3, 0.4) is 0 Å². The van der Waals surface area contributed by atoms with Gasteiger partial charge in [0.05, 0.1) is 26.2 Å². The highest BCUT2D eigenvalue weighted by atomic mass is 16.5. The average molecular weight is 331 g/mol. The van der Waals surface area contributed by atoms with Gasteiger partial charge in [0.2, 0.25) is 0 Å². The number of carbonyl (C=O) groups is 2. The predicted molar refractivity (Wildman–Crippen MR) is 93.3 cm³/mol. The number of fused-ring (bicyclic) bond motifs is 1. The summed E-state index contributed by atoms with van der Waals surface area (Å²) < 4.78 is 9.67. The second kappa shape index (κ2) is 7.99. The Bertz CT molecular complexity index is 745. The number of ether oxygens (including phenoxy) is 2. The zero-order valence-electron chi connectivity index (χ0n) is 14.8. The van der Waals surface area contributed by atoms with E-state index in [1.54, 1.807) is 6.07 Å². The van der Waals surface area contributed by atoms with E-state index in [1.165, 1.54) is 14.2 Å². The van der Waals surface area contributed by atoms with Crippen LogP contribution in [0.5, 0.6) is 0 Å². The van der Waals surface area contributed by atoms with Crippen molar-refractivity contribution >= 4 is 22.8 Å². The fourth-order valence-electron chi connectivity index (χ4n) is 2.98. The lowest BCUT2D eigenvalue weighted by molar-refractivity contribution is -0.139. The zero-order valence-corrected chi connectivity index (χ0v) is 14.8. The van der Waals surface area contributed by atoms with Crippen LogP contribution in [0, 0.1) is 6.92 Å². The summed E-state index contributed by atoms with van der Waals surface area (Å²) in [5, 5.41) is 0.969. The largest absolute Gasteiger partial charge is 0.469 e. The summed E-state index contributed by atoms with van der Waals surface area (Å²) >= 11 is 0. The van der Waals surface area contributed by atoms with E-state index in [2.05, 4.69) is 11.9 Å². The van der Waals surface area contributed by atoms with Crippen molar-refractivity contribution in [2.75, 3.05) is 14.2 Å². The minimum Gasteiger partial charge on any atom is -0.469 e. The quantitative estimate of drug-likeness (QED) is 0.620. The minimum atomic E-state index is -0.356. The molecule has 0 spiro atoms. The molecule has 0 unspecified atom stereocenters. The first-order valence-electron chi connectivity index (χ1n) is 8.31. The number of esters is 2. The van der Waals surface area contributed by atoms with Crippen molar-refractivity contribution in [3.05, 3.63) is 34.5 Å². The highest BCUT2D eigenvalue weighted by molar-refractivity contribution is 5.98. The van der Waals surface area contributed by atoms with Crippen LogP contribution in [0.4, 0.5) is 0 Å². The van der Waals surface area contributed by atoms with Gasteiger partial charge in [0.15, 0.2) is 0 Å². The van der Waals surface area contributed by atoms with Gasteiger partial charge in [-0.1, -0.05) is 19.8 Å². The van der Waals surface area contributed by atoms with E-state index in [1.807, 2.05) is 13.0 Å². The van der Waals surface area contributed by atoms with Crippen molar-refractivity contribution in [1.29, 1.82) is 0 Å². The van der Waals surface area contributed by atoms with Gasteiger partial charge in [-0.2, -0.15) is 0 Å². The van der Waals surface area contributed by atoms with Gasteiger partial charge in [0.1, 0.15) is 0 Å². The summed E-state index contributed by atoms with van der Waals surface area (Å²) in [7, 11) is 2.77. The van der Waals surface area contributed by atoms with E-state index < -0.39 is 0 Å². The summed E-state index contributed by atoms with van der Waals surface area (Å²) in [5.74, 6) is -0.617. The Morgan fingerprint density at radius 3 is 2.50 bits per heavy atom. The van der Waals surface area contributed by atoms with Gasteiger partial charge in [-0.25, -0.2) is 4.79 Å². The number of nitrogens with one attached hydrogen (secondary N) is 1. The Morgan fingerprint density at radius 2 is 1.88 bits per heavy atom. The van der Waals surface area contributed by atoms with E-state index in [-0.39, 0.29) is 18.4 Å². The Labute approximate surface area is 142 Å². The second-order valence-electron chi connectivity index (χ2n) is 6.00. The van der Waals surface area contributed by atoms with Crippen LogP contribution in [-0.4, -0.2) is 31.1 Å². The molecule has 5 heteroatoms. The number of benzene rings is 1. The maximum absolute atomic E-state index is 11.9. The number of aromatic nitrogens is 1. The van der Waals surface area contributed by atoms with Crippen molar-refractivity contribution in [3.63, 3.8) is 0 Å². The molecule has 2 aromatic rings. The van der Waals surface area contributed by atoms with Crippen LogP contribution in [-0.2, 0) is 27.1 Å². The van der Waals surface area contributed by atoms with Crippen LogP contribution in [0.25, 0.3) is 10.9 Å². The molecule has 0 bridgehead atoms. The fraction of sp³-hybridized carbons (Fsp3) is 0.474. The van der Waals surface area contributed by atoms with E-state index in [4.69, 9.17) is 9.47 Å². The molecule has 0 saturated carbocycles. The molecule has 5 nitrogen and oxygen atoms in total. The molecule has 0 amide bonds. The molecule has 1 N–H and O–H groups in total. The van der Waals surface area contributed by atoms with Gasteiger partial charge >= 0.3 is 11.9 Å². The van der Waals surface area contributed by atoms with E-state index in [9.17, 15) is 9.59 Å². The predicted octanol–water partition coefficient (Wildman–Crippen LogP) is 3.71. The van der Waals surface area contributed by atoms with Gasteiger partial charge in [-0.15, -0.1) is 0 Å². The van der Waals surface area contributed by atoms with Crippen LogP contribution in [0.2, 0.25) is 0 Å². The molecule has 1 aromatic heterocycles. The average Bonchev–Trinajstić information content (AvgIpc) is 2.90. The first-order valence-corrected chi connectivity index (χ1v) is 8.31. The van der Waals surface area contributed by atoms with E-state index >= 15 is 0 Å². The first-order chi connectivity index (χ1) is 11.5. The summed E-state index contributed by atoms with van der Waals surface area (Å²) in [6.45, 7) is 4.03. The second-order valence-corrected chi connectivity index (χ2v) is 6.00. The topological polar surface area (TPSA) is 68.4 Å². The molecule has 0 aliphatic heterocycles. The Kier molecular flexibility index (Phi) is 6.01. The molecule has 24 heavy (non-hydrogen) atoms. The summed E-state index contributed by atoms with van der Waals surface area (Å²) in [6, 6.07) is 3.75. The fourth-order valence-corrected chi connectivity index (χ4v) is 2.98. The number of rotatable bonds is 7. The van der Waals surface area contributed by atoms with E-state index in [0.29, 0.717) is 5.56 Å². The number of methoxy groups -OCH3 is 2. The van der Waals surface area contributed by atoms with Crippen LogP contribution >= 0.6 is 0 Å². The van der Waals surface area contributed by atoms with Gasteiger partial charge < -0.3 is 14.5 Å². The van der Waals surface area contributed by atoms with Crippen LogP contribution < -0.4 is 0 Å². The van der Waals surface area contributed by atoms with Crippen molar-refractivity contribution in [1.82, 2.24) is 4.98 Å². The third-order valence-electron chi connectivity index (χ3n) is 4.32. The molecule has 0 radical (unpaired) electrons. The van der Waals surface area contributed by atoms with Crippen molar-refractivity contribution in [2.24, 2.45) is 0 Å². The number of aryl methyl sites for hydroxylation is 2. The first kappa shape index (κ1) is 18.0. The standard InChI is InChI=1S/C19H25NO4/c1-5-6-7-8-16-15(11-18(21)23-3)14-9-12(2)13(19(22)24-4)10-17(14)20-16/h9-10,20H,5-8,11H2,1-4H3. The third kappa shape index (κ3) is 3.78. The molecule has 1 heterocycles. The molecular weight excluding hydrogens is 306 g/mol. The van der Waals surface area contributed by atoms with Crippen LogP contribution in [0.15, 0.2) is 12.1 Å². The molecule has 0 atom stereocenters. The Hall–Kier alpha value is -2.30. The number of carbonyl (C=O) groups excluding carboxylic acids is 2. The van der Waals surface area contributed by atoms with Gasteiger partial charge in [-0.05, 0) is 43.0 Å². The molecule has 1 aromatic carbocycles. The lowest BCUT2D eigenvalue weighted by atomic mass is 10.00. The molecule has 0 aliphatic carbocycles. The zero-order chi connectivity index (χ0) is 17.7. The molecule has 0 saturated heterocycles. The third-order valence-corrected chi connectivity index (χ3v) is 4.32. The number of unbranched alkanes of at least 4 members (excludes halogenated alkanes) is 2. The number of hydrogen-bond acceptors (Lipinski definition) is 4. The number of hydrogen-bond donors (Lipinski definition) is 1. The number of aromatic amines is 1. The molecule has 0 fully saturated rings. The normalized spacial score (nSPS) is 10.8. The lowest BCUT2D eigenvalue weighted by Crippen LogP contribution is -2.06. The number of H-pyrrole nitrogens is 1. The Morgan fingerprint density at radius 1 is 1.12 bits per heavy atom. The Balaban J connectivity index is 2.51. The lowest BCUT2D eigenvalue weighted by Gasteiger charge is -2.06. The molecule has 130 valence electrons. The maximum atomic E-state index is 11.9.